The van der Waals surface area contributed by atoms with Crippen molar-refractivity contribution in [1.82, 2.24) is 10.2 Å². The maximum Gasteiger partial charge on any atom is 0.273 e. The molecule has 1 fully saturated rings. The molecule has 0 saturated carbocycles. The number of rotatable bonds is 8. The second-order valence-corrected chi connectivity index (χ2v) is 11.9. The summed E-state index contributed by atoms with van der Waals surface area (Å²) < 4.78 is 28.1. The highest BCUT2D eigenvalue weighted by Crippen LogP contribution is 2.29. The van der Waals surface area contributed by atoms with Crippen molar-refractivity contribution in [2.24, 2.45) is 5.92 Å². The predicted molar refractivity (Wildman–Crippen MR) is 152 cm³/mol. The van der Waals surface area contributed by atoms with Crippen LogP contribution in [-0.4, -0.2) is 62.4 Å². The number of aliphatic hydroxyl groups is 1. The average Bonchev–Trinajstić information content (AvgIpc) is 2.96. The number of piperidine rings is 1. The third-order valence-electron chi connectivity index (χ3n) is 6.62. The van der Waals surface area contributed by atoms with E-state index in [4.69, 9.17) is 23.2 Å². The number of para-hydroxylation sites is 1. The molecule has 1 aliphatic rings. The van der Waals surface area contributed by atoms with Crippen LogP contribution in [0.15, 0.2) is 77.7 Å². The third kappa shape index (κ3) is 6.64. The zero-order valence-corrected chi connectivity index (χ0v) is 23.6. The Bertz CT molecular complexity index is 1490. The van der Waals surface area contributed by atoms with E-state index in [0.717, 1.165) is 0 Å². The van der Waals surface area contributed by atoms with Crippen LogP contribution in [0.2, 0.25) is 10.0 Å². The van der Waals surface area contributed by atoms with Crippen LogP contribution in [0.25, 0.3) is 0 Å². The molecule has 12 heteroatoms. The highest BCUT2D eigenvalue weighted by Gasteiger charge is 2.33. The van der Waals surface area contributed by atoms with Crippen molar-refractivity contribution in [3.05, 3.63) is 94.0 Å². The van der Waals surface area contributed by atoms with Gasteiger partial charge in [-0.1, -0.05) is 41.4 Å². The number of benzene rings is 3. The summed E-state index contributed by atoms with van der Waals surface area (Å²) >= 11 is 12.2. The monoisotopic (exact) mass is 603 g/mol. The molecule has 9 nitrogen and oxygen atoms in total. The van der Waals surface area contributed by atoms with Crippen LogP contribution < -0.4 is 9.62 Å². The van der Waals surface area contributed by atoms with Crippen LogP contribution in [0.1, 0.15) is 33.6 Å². The standard InChI is InChI=1S/C28H27Cl2N3O6S/c29-21-8-11-24(25(30)16-21)28(37)33(22-4-2-1-3-5-22)40(38,39)23-9-6-20(7-10-23)27(36)31-17-26(35)32-14-12-19(18-34)13-15-32/h1-11,16,19,34H,12-15,17-18H2,(H,31,36). The Hall–Kier alpha value is -3.44. The lowest BCUT2D eigenvalue weighted by Crippen LogP contribution is -2.44. The molecule has 2 N–H and O–H groups in total. The average molecular weight is 605 g/mol. The molecule has 0 bridgehead atoms. The van der Waals surface area contributed by atoms with E-state index in [0.29, 0.717) is 30.2 Å². The summed E-state index contributed by atoms with van der Waals surface area (Å²) in [4.78, 5) is 40.0. The fourth-order valence-electron chi connectivity index (χ4n) is 4.32. The minimum Gasteiger partial charge on any atom is -0.396 e. The zero-order valence-electron chi connectivity index (χ0n) is 21.3. The fourth-order valence-corrected chi connectivity index (χ4v) is 6.22. The van der Waals surface area contributed by atoms with Crippen molar-refractivity contribution < 1.29 is 27.9 Å². The number of nitrogens with one attached hydrogen (secondary N) is 1. The van der Waals surface area contributed by atoms with E-state index < -0.39 is 21.8 Å². The van der Waals surface area contributed by atoms with E-state index in [1.165, 1.54) is 54.6 Å². The molecule has 210 valence electrons. The number of likely N-dealkylation sites (tertiary alicyclic amines) is 1. The highest BCUT2D eigenvalue weighted by atomic mass is 35.5. The largest absolute Gasteiger partial charge is 0.396 e. The van der Waals surface area contributed by atoms with Gasteiger partial charge in [-0.2, -0.15) is 4.31 Å². The number of nitrogens with zero attached hydrogens (tertiary/aromatic N) is 2. The van der Waals surface area contributed by atoms with Crippen molar-refractivity contribution in [1.29, 1.82) is 0 Å². The quantitative estimate of drug-likeness (QED) is 0.401. The fraction of sp³-hybridized carbons (Fsp3) is 0.250. The molecule has 3 aromatic rings. The van der Waals surface area contributed by atoms with Crippen LogP contribution in [0, 0.1) is 5.92 Å². The Morgan fingerprint density at radius 3 is 2.20 bits per heavy atom. The summed E-state index contributed by atoms with van der Waals surface area (Å²) in [6.07, 6.45) is 1.41. The molecule has 0 radical (unpaired) electrons. The van der Waals surface area contributed by atoms with Gasteiger partial charge in [-0.05, 0) is 73.4 Å². The van der Waals surface area contributed by atoms with Crippen molar-refractivity contribution >= 4 is 56.6 Å². The molecule has 0 aromatic heterocycles. The summed E-state index contributed by atoms with van der Waals surface area (Å²) in [6.45, 7) is 0.923. The van der Waals surface area contributed by atoms with Gasteiger partial charge in [-0.15, -0.1) is 0 Å². The lowest BCUT2D eigenvalue weighted by Gasteiger charge is -2.31. The van der Waals surface area contributed by atoms with Gasteiger partial charge in [-0.3, -0.25) is 14.4 Å². The lowest BCUT2D eigenvalue weighted by atomic mass is 9.98. The maximum absolute atomic E-state index is 13.7. The molecular weight excluding hydrogens is 577 g/mol. The van der Waals surface area contributed by atoms with E-state index >= 15 is 0 Å². The first-order valence-electron chi connectivity index (χ1n) is 12.5. The molecule has 3 amide bonds. The van der Waals surface area contributed by atoms with Crippen LogP contribution in [-0.2, 0) is 14.8 Å². The summed E-state index contributed by atoms with van der Waals surface area (Å²) in [7, 11) is -4.44. The van der Waals surface area contributed by atoms with E-state index in [9.17, 15) is 27.9 Å². The third-order valence-corrected chi connectivity index (χ3v) is 8.89. The summed E-state index contributed by atoms with van der Waals surface area (Å²) in [5, 5.41) is 12.1. The van der Waals surface area contributed by atoms with Crippen molar-refractivity contribution in [2.75, 3.05) is 30.5 Å². The SMILES string of the molecule is O=C(NCC(=O)N1CCC(CO)CC1)c1ccc(S(=O)(=O)N(C(=O)c2ccc(Cl)cc2Cl)c2ccccc2)cc1. The first-order chi connectivity index (χ1) is 19.1. The number of hydrogen-bond acceptors (Lipinski definition) is 6. The van der Waals surface area contributed by atoms with Crippen molar-refractivity contribution in [2.45, 2.75) is 17.7 Å². The van der Waals surface area contributed by atoms with Crippen molar-refractivity contribution in [3.63, 3.8) is 0 Å². The topological polar surface area (TPSA) is 124 Å². The van der Waals surface area contributed by atoms with Gasteiger partial charge in [0.1, 0.15) is 0 Å². The van der Waals surface area contributed by atoms with Gasteiger partial charge in [0, 0.05) is 30.3 Å². The first kappa shape index (κ1) is 29.5. The first-order valence-corrected chi connectivity index (χ1v) is 14.7. The van der Waals surface area contributed by atoms with Gasteiger partial charge >= 0.3 is 0 Å². The molecule has 0 unspecified atom stereocenters. The molecule has 0 aliphatic carbocycles. The van der Waals surface area contributed by atoms with Gasteiger partial charge in [0.25, 0.3) is 21.8 Å². The molecule has 1 heterocycles. The number of sulfonamides is 1. The zero-order chi connectivity index (χ0) is 28.9. The Morgan fingerprint density at radius 2 is 1.60 bits per heavy atom. The summed E-state index contributed by atoms with van der Waals surface area (Å²) in [5.41, 5.74) is 0.186. The second kappa shape index (κ2) is 12.8. The minimum atomic E-state index is -4.44. The Labute approximate surface area is 242 Å². The summed E-state index contributed by atoms with van der Waals surface area (Å²) in [6, 6.07) is 17.0. The molecule has 3 aromatic carbocycles. The number of halogens is 2. The number of carbonyl (C=O) groups excluding carboxylic acids is 3. The minimum absolute atomic E-state index is 0.00651. The van der Waals surface area contributed by atoms with Gasteiger partial charge in [0.15, 0.2) is 0 Å². The Morgan fingerprint density at radius 1 is 0.950 bits per heavy atom. The van der Waals surface area contributed by atoms with Gasteiger partial charge in [0.2, 0.25) is 5.91 Å². The van der Waals surface area contributed by atoms with Crippen LogP contribution in [0.3, 0.4) is 0 Å². The van der Waals surface area contributed by atoms with E-state index in [1.807, 2.05) is 0 Å². The molecular formula is C28H27Cl2N3O6S. The normalized spacial score (nSPS) is 14.0. The number of amides is 3. The smallest absolute Gasteiger partial charge is 0.273 e. The molecule has 4 rings (SSSR count). The number of anilines is 1. The van der Waals surface area contributed by atoms with Gasteiger partial charge in [0.05, 0.1) is 27.7 Å². The predicted octanol–water partition coefficient (Wildman–Crippen LogP) is 3.99. The summed E-state index contributed by atoms with van der Waals surface area (Å²) in [5.74, 6) is -1.48. The van der Waals surface area contributed by atoms with Gasteiger partial charge < -0.3 is 15.3 Å². The lowest BCUT2D eigenvalue weighted by molar-refractivity contribution is -0.131. The van der Waals surface area contributed by atoms with Crippen LogP contribution >= 0.6 is 23.2 Å². The molecule has 1 saturated heterocycles. The Balaban J connectivity index is 1.51. The molecule has 40 heavy (non-hydrogen) atoms. The van der Waals surface area contributed by atoms with Crippen LogP contribution in [0.4, 0.5) is 5.69 Å². The van der Waals surface area contributed by atoms with Crippen LogP contribution in [0.5, 0.6) is 0 Å². The van der Waals surface area contributed by atoms with E-state index in [2.05, 4.69) is 5.32 Å². The molecule has 1 aliphatic heterocycles. The van der Waals surface area contributed by atoms with Crippen molar-refractivity contribution in [3.8, 4) is 0 Å². The molecule has 0 atom stereocenters. The highest BCUT2D eigenvalue weighted by molar-refractivity contribution is 7.93. The number of carbonyl (C=O) groups is 3. The number of hydrogen-bond donors (Lipinski definition) is 2. The van der Waals surface area contributed by atoms with Gasteiger partial charge in [-0.25, -0.2) is 8.42 Å². The second-order valence-electron chi connectivity index (χ2n) is 9.25. The maximum atomic E-state index is 13.7. The number of aliphatic hydroxyl groups excluding tert-OH is 1. The Kier molecular flexibility index (Phi) is 9.47. The van der Waals surface area contributed by atoms with E-state index in [-0.39, 0.29) is 56.7 Å². The van der Waals surface area contributed by atoms with E-state index in [1.54, 1.807) is 23.1 Å². The molecule has 0 spiro atoms.